The van der Waals surface area contributed by atoms with Crippen LogP contribution in [0, 0.1) is 0 Å². The molecule has 2 aromatic rings. The van der Waals surface area contributed by atoms with E-state index in [0.29, 0.717) is 12.6 Å². The molecule has 1 atom stereocenters. The second-order valence-corrected chi connectivity index (χ2v) is 7.65. The van der Waals surface area contributed by atoms with Gasteiger partial charge in [-0.2, -0.15) is 0 Å². The highest BCUT2D eigenvalue weighted by molar-refractivity contribution is 5.58. The van der Waals surface area contributed by atoms with Gasteiger partial charge in [-0.3, -0.25) is 4.90 Å². The van der Waals surface area contributed by atoms with E-state index in [1.54, 1.807) is 0 Å². The number of benzene rings is 2. The molecule has 0 amide bonds. The van der Waals surface area contributed by atoms with E-state index in [0.717, 1.165) is 13.1 Å². The molecule has 0 aromatic heterocycles. The second-order valence-electron chi connectivity index (χ2n) is 7.65. The Labute approximate surface area is 146 Å². The molecule has 0 fully saturated rings. The summed E-state index contributed by atoms with van der Waals surface area (Å²) in [5.41, 5.74) is 11.8. The maximum absolute atomic E-state index is 6.17. The Bertz CT molecular complexity index is 691. The summed E-state index contributed by atoms with van der Waals surface area (Å²) in [7, 11) is 4.23. The summed E-state index contributed by atoms with van der Waals surface area (Å²) < 4.78 is 0. The van der Waals surface area contributed by atoms with Crippen LogP contribution in [-0.2, 0) is 12.0 Å². The van der Waals surface area contributed by atoms with Crippen molar-refractivity contribution >= 4 is 5.69 Å². The molecule has 3 nitrogen and oxygen atoms in total. The third-order valence-electron chi connectivity index (χ3n) is 5.21. The molecule has 0 bridgehead atoms. The van der Waals surface area contributed by atoms with Gasteiger partial charge in [0, 0.05) is 50.9 Å². The molecule has 0 saturated carbocycles. The predicted octanol–water partition coefficient (Wildman–Crippen LogP) is 3.55. The van der Waals surface area contributed by atoms with E-state index >= 15 is 0 Å². The molecule has 2 aromatic carbocycles. The molecule has 3 rings (SSSR count). The number of hydrogen-bond acceptors (Lipinski definition) is 3. The Morgan fingerprint density at radius 2 is 1.79 bits per heavy atom. The number of rotatable bonds is 5. The van der Waals surface area contributed by atoms with Gasteiger partial charge >= 0.3 is 0 Å². The fourth-order valence-electron chi connectivity index (χ4n) is 3.94. The van der Waals surface area contributed by atoms with Crippen molar-refractivity contribution in [2.75, 3.05) is 32.1 Å². The van der Waals surface area contributed by atoms with Gasteiger partial charge in [-0.1, -0.05) is 56.3 Å². The van der Waals surface area contributed by atoms with E-state index in [9.17, 15) is 0 Å². The topological polar surface area (TPSA) is 32.5 Å². The summed E-state index contributed by atoms with van der Waals surface area (Å²) in [6, 6.07) is 17.7. The average molecular weight is 323 g/mol. The van der Waals surface area contributed by atoms with Gasteiger partial charge in [-0.05, 0) is 22.8 Å². The van der Waals surface area contributed by atoms with Crippen molar-refractivity contribution < 1.29 is 0 Å². The van der Waals surface area contributed by atoms with Gasteiger partial charge in [0.1, 0.15) is 0 Å². The highest BCUT2D eigenvalue weighted by Crippen LogP contribution is 2.40. The van der Waals surface area contributed by atoms with Crippen LogP contribution in [0.1, 0.15) is 36.6 Å². The molecule has 3 heteroatoms. The summed E-state index contributed by atoms with van der Waals surface area (Å²) in [4.78, 5) is 4.75. The quantitative estimate of drug-likeness (QED) is 0.913. The van der Waals surface area contributed by atoms with Crippen LogP contribution in [0.5, 0.6) is 0 Å². The van der Waals surface area contributed by atoms with Crippen molar-refractivity contribution in [3.05, 3.63) is 65.2 Å². The number of hydrogen-bond donors (Lipinski definition) is 1. The normalized spacial score (nSPS) is 17.8. The molecule has 0 spiro atoms. The Hall–Kier alpha value is -1.84. The Kier molecular flexibility index (Phi) is 4.66. The van der Waals surface area contributed by atoms with Crippen LogP contribution in [0.3, 0.4) is 0 Å². The maximum atomic E-state index is 6.17. The summed E-state index contributed by atoms with van der Waals surface area (Å²) in [5, 5.41) is 0. The van der Waals surface area contributed by atoms with Crippen LogP contribution in [-0.4, -0.2) is 32.1 Å². The van der Waals surface area contributed by atoms with E-state index in [4.69, 9.17) is 5.73 Å². The van der Waals surface area contributed by atoms with Crippen molar-refractivity contribution in [3.8, 4) is 0 Å². The van der Waals surface area contributed by atoms with E-state index in [-0.39, 0.29) is 5.41 Å². The smallest absolute Gasteiger partial charge is 0.0478 e. The lowest BCUT2D eigenvalue weighted by Crippen LogP contribution is -2.38. The second kappa shape index (κ2) is 6.58. The summed E-state index contributed by atoms with van der Waals surface area (Å²) in [5.74, 6) is 0. The van der Waals surface area contributed by atoms with Gasteiger partial charge in [-0.15, -0.1) is 0 Å². The van der Waals surface area contributed by atoms with Crippen LogP contribution in [0.25, 0.3) is 0 Å². The highest BCUT2D eigenvalue weighted by Gasteiger charge is 2.35. The van der Waals surface area contributed by atoms with E-state index in [1.165, 1.54) is 22.4 Å². The minimum Gasteiger partial charge on any atom is -0.377 e. The van der Waals surface area contributed by atoms with Crippen molar-refractivity contribution in [1.29, 1.82) is 0 Å². The van der Waals surface area contributed by atoms with E-state index < -0.39 is 0 Å². The molecule has 2 N–H and O–H groups in total. The zero-order valence-electron chi connectivity index (χ0n) is 15.3. The minimum atomic E-state index is 0.0923. The lowest BCUT2D eigenvalue weighted by Gasteiger charge is -2.34. The predicted molar refractivity (Wildman–Crippen MR) is 102 cm³/mol. The zero-order chi connectivity index (χ0) is 17.3. The standard InChI is InChI=1S/C21H29N3/c1-21(2,16-9-6-5-7-10-16)15-24-14-18-17(20(24)13-22)11-8-12-19(18)23(3)4/h5-12,20H,13-15,22H2,1-4H3. The molecule has 1 aliphatic heterocycles. The zero-order valence-corrected chi connectivity index (χ0v) is 15.3. The molecule has 0 radical (unpaired) electrons. The average Bonchev–Trinajstić information content (AvgIpc) is 2.91. The van der Waals surface area contributed by atoms with E-state index in [1.807, 2.05) is 0 Å². The van der Waals surface area contributed by atoms with E-state index in [2.05, 4.69) is 86.3 Å². The Morgan fingerprint density at radius 1 is 1.08 bits per heavy atom. The maximum Gasteiger partial charge on any atom is 0.0478 e. The van der Waals surface area contributed by atoms with Gasteiger partial charge in [0.25, 0.3) is 0 Å². The third-order valence-corrected chi connectivity index (χ3v) is 5.21. The monoisotopic (exact) mass is 323 g/mol. The van der Waals surface area contributed by atoms with Gasteiger partial charge in [0.2, 0.25) is 0 Å². The first-order chi connectivity index (χ1) is 11.4. The first kappa shape index (κ1) is 17.0. The molecular formula is C21H29N3. The number of nitrogens with two attached hydrogens (primary N) is 1. The number of anilines is 1. The van der Waals surface area contributed by atoms with Gasteiger partial charge < -0.3 is 10.6 Å². The van der Waals surface area contributed by atoms with Crippen molar-refractivity contribution in [2.24, 2.45) is 5.73 Å². The van der Waals surface area contributed by atoms with Crippen molar-refractivity contribution in [3.63, 3.8) is 0 Å². The third kappa shape index (κ3) is 3.06. The molecule has 0 saturated heterocycles. The van der Waals surface area contributed by atoms with Crippen LogP contribution in [0.15, 0.2) is 48.5 Å². The van der Waals surface area contributed by atoms with Gasteiger partial charge in [-0.25, -0.2) is 0 Å². The highest BCUT2D eigenvalue weighted by atomic mass is 15.2. The fourth-order valence-corrected chi connectivity index (χ4v) is 3.94. The summed E-state index contributed by atoms with van der Waals surface area (Å²) >= 11 is 0. The SMILES string of the molecule is CN(C)c1cccc2c1CN(CC(C)(C)c1ccccc1)C2CN. The summed E-state index contributed by atoms with van der Waals surface area (Å²) in [6.45, 7) is 7.29. The largest absolute Gasteiger partial charge is 0.377 e. The molecule has 1 unspecified atom stereocenters. The van der Waals surface area contributed by atoms with Gasteiger partial charge in [0.15, 0.2) is 0 Å². The minimum absolute atomic E-state index is 0.0923. The lowest BCUT2D eigenvalue weighted by atomic mass is 9.84. The Morgan fingerprint density at radius 3 is 2.42 bits per heavy atom. The lowest BCUT2D eigenvalue weighted by molar-refractivity contribution is 0.179. The van der Waals surface area contributed by atoms with Crippen LogP contribution >= 0.6 is 0 Å². The van der Waals surface area contributed by atoms with Crippen molar-refractivity contribution in [2.45, 2.75) is 31.8 Å². The number of fused-ring (bicyclic) bond motifs is 1. The van der Waals surface area contributed by atoms with Crippen LogP contribution in [0.2, 0.25) is 0 Å². The van der Waals surface area contributed by atoms with Crippen LogP contribution < -0.4 is 10.6 Å². The first-order valence-corrected chi connectivity index (χ1v) is 8.73. The summed E-state index contributed by atoms with van der Waals surface area (Å²) in [6.07, 6.45) is 0. The fraction of sp³-hybridized carbons (Fsp3) is 0.429. The molecule has 1 heterocycles. The molecular weight excluding hydrogens is 294 g/mol. The van der Waals surface area contributed by atoms with Gasteiger partial charge in [0.05, 0.1) is 0 Å². The molecule has 1 aliphatic rings. The molecule has 128 valence electrons. The molecule has 0 aliphatic carbocycles. The Balaban J connectivity index is 1.89. The van der Waals surface area contributed by atoms with Crippen LogP contribution in [0.4, 0.5) is 5.69 Å². The molecule has 24 heavy (non-hydrogen) atoms. The van der Waals surface area contributed by atoms with Crippen molar-refractivity contribution in [1.82, 2.24) is 4.90 Å². The first-order valence-electron chi connectivity index (χ1n) is 8.73. The number of nitrogens with zero attached hydrogens (tertiary/aromatic N) is 2.